The zero-order valence-electron chi connectivity index (χ0n) is 14.7. The van der Waals surface area contributed by atoms with Gasteiger partial charge in [0.1, 0.15) is 6.04 Å². The summed E-state index contributed by atoms with van der Waals surface area (Å²) in [6, 6.07) is 11.4. The number of methoxy groups -OCH3 is 1. The number of benzene rings is 2. The molecule has 2 rings (SSSR count). The summed E-state index contributed by atoms with van der Waals surface area (Å²) in [4.78, 5) is 12.2. The Labute approximate surface area is 151 Å². The van der Waals surface area contributed by atoms with Crippen molar-refractivity contribution in [2.75, 3.05) is 13.7 Å². The van der Waals surface area contributed by atoms with E-state index in [9.17, 15) is 13.6 Å². The molecular weight excluding hydrogens is 342 g/mol. The van der Waals surface area contributed by atoms with Crippen LogP contribution in [0.25, 0.3) is 0 Å². The first-order chi connectivity index (χ1) is 12.4. The molecule has 26 heavy (non-hydrogen) atoms. The van der Waals surface area contributed by atoms with Crippen LogP contribution in [0, 0.1) is 6.92 Å². The highest BCUT2D eigenvalue weighted by Gasteiger charge is 2.15. The van der Waals surface area contributed by atoms with Crippen LogP contribution in [0.2, 0.25) is 0 Å². The van der Waals surface area contributed by atoms with Crippen molar-refractivity contribution in [2.24, 2.45) is 5.73 Å². The molecular formula is C19H22F2N2O3. The Morgan fingerprint density at radius 3 is 2.46 bits per heavy atom. The molecule has 3 N–H and O–H groups in total. The van der Waals surface area contributed by atoms with Crippen LogP contribution >= 0.6 is 0 Å². The molecule has 0 saturated heterocycles. The molecule has 1 unspecified atom stereocenters. The molecule has 1 atom stereocenters. The van der Waals surface area contributed by atoms with Gasteiger partial charge in [-0.2, -0.15) is 8.78 Å². The molecule has 2 aromatic carbocycles. The summed E-state index contributed by atoms with van der Waals surface area (Å²) >= 11 is 0. The molecule has 0 heterocycles. The number of amides is 1. The van der Waals surface area contributed by atoms with Crippen molar-refractivity contribution in [1.29, 1.82) is 0 Å². The fraction of sp³-hybridized carbons (Fsp3) is 0.316. The highest BCUT2D eigenvalue weighted by atomic mass is 19.3. The Bertz CT molecular complexity index is 736. The molecule has 0 aliphatic heterocycles. The molecule has 5 nitrogen and oxygen atoms in total. The van der Waals surface area contributed by atoms with E-state index in [1.807, 2.05) is 31.2 Å². The number of halogens is 2. The minimum Gasteiger partial charge on any atom is -0.493 e. The topological polar surface area (TPSA) is 73.6 Å². The van der Waals surface area contributed by atoms with E-state index in [0.29, 0.717) is 13.0 Å². The second kappa shape index (κ2) is 9.15. The molecule has 0 radical (unpaired) electrons. The Hall–Kier alpha value is -2.67. The van der Waals surface area contributed by atoms with Gasteiger partial charge >= 0.3 is 6.61 Å². The van der Waals surface area contributed by atoms with Crippen LogP contribution in [0.1, 0.15) is 22.7 Å². The quantitative estimate of drug-likeness (QED) is 0.755. The van der Waals surface area contributed by atoms with Crippen LogP contribution in [-0.4, -0.2) is 26.2 Å². The molecule has 0 fully saturated rings. The second-order valence-electron chi connectivity index (χ2n) is 5.79. The molecule has 0 aliphatic rings. The van der Waals surface area contributed by atoms with Crippen molar-refractivity contribution < 1.29 is 23.0 Å². The van der Waals surface area contributed by atoms with Crippen LogP contribution in [0.15, 0.2) is 42.5 Å². The Balaban J connectivity index is 1.92. The lowest BCUT2D eigenvalue weighted by Gasteiger charge is -2.14. The lowest BCUT2D eigenvalue weighted by molar-refractivity contribution is -0.122. The van der Waals surface area contributed by atoms with E-state index < -0.39 is 12.7 Å². The van der Waals surface area contributed by atoms with Gasteiger partial charge in [0.15, 0.2) is 11.5 Å². The predicted molar refractivity (Wildman–Crippen MR) is 94.4 cm³/mol. The Morgan fingerprint density at radius 1 is 1.15 bits per heavy atom. The van der Waals surface area contributed by atoms with Crippen LogP contribution in [0.3, 0.4) is 0 Å². The summed E-state index contributed by atoms with van der Waals surface area (Å²) in [7, 11) is 1.38. The summed E-state index contributed by atoms with van der Waals surface area (Å²) in [6.07, 6.45) is 0.440. The van der Waals surface area contributed by atoms with Crippen molar-refractivity contribution in [3.63, 3.8) is 0 Å². The molecule has 140 valence electrons. The van der Waals surface area contributed by atoms with Crippen molar-refractivity contribution in [1.82, 2.24) is 5.32 Å². The van der Waals surface area contributed by atoms with Crippen LogP contribution < -0.4 is 20.5 Å². The SMILES string of the molecule is COc1ccc(CCNC(=O)C(N)c2ccc(C)cc2)cc1OC(F)F. The fourth-order valence-corrected chi connectivity index (χ4v) is 2.43. The van der Waals surface area contributed by atoms with Gasteiger partial charge in [0.05, 0.1) is 7.11 Å². The third kappa shape index (κ3) is 5.42. The van der Waals surface area contributed by atoms with Gasteiger partial charge in [-0.1, -0.05) is 35.9 Å². The molecule has 0 bridgehead atoms. The van der Waals surface area contributed by atoms with E-state index in [4.69, 9.17) is 10.5 Å². The minimum atomic E-state index is -2.94. The zero-order valence-corrected chi connectivity index (χ0v) is 14.7. The van der Waals surface area contributed by atoms with Gasteiger partial charge in [0.2, 0.25) is 5.91 Å². The number of nitrogens with one attached hydrogen (secondary N) is 1. The van der Waals surface area contributed by atoms with Gasteiger partial charge < -0.3 is 20.5 Å². The molecule has 2 aromatic rings. The van der Waals surface area contributed by atoms with E-state index in [1.165, 1.54) is 13.2 Å². The first kappa shape index (κ1) is 19.7. The highest BCUT2D eigenvalue weighted by Crippen LogP contribution is 2.29. The molecule has 1 amide bonds. The van der Waals surface area contributed by atoms with Gasteiger partial charge in [-0.25, -0.2) is 0 Å². The largest absolute Gasteiger partial charge is 0.493 e. The normalized spacial score (nSPS) is 11.9. The number of carbonyl (C=O) groups excluding carboxylic acids is 1. The molecule has 0 saturated carbocycles. The minimum absolute atomic E-state index is 0.0392. The summed E-state index contributed by atoms with van der Waals surface area (Å²) in [5.74, 6) is -0.117. The standard InChI is InChI=1S/C19H22F2N2O3/c1-12-3-6-14(7-4-12)17(22)18(24)23-10-9-13-5-8-15(25-2)16(11-13)26-19(20)21/h3-8,11,17,19H,9-10,22H2,1-2H3,(H,23,24). The summed E-state index contributed by atoms with van der Waals surface area (Å²) < 4.78 is 34.3. The molecule has 0 aromatic heterocycles. The van der Waals surface area contributed by atoms with E-state index >= 15 is 0 Å². The number of carbonyl (C=O) groups is 1. The summed E-state index contributed by atoms with van der Waals surface area (Å²) in [6.45, 7) is -0.666. The Morgan fingerprint density at radius 2 is 1.85 bits per heavy atom. The van der Waals surface area contributed by atoms with E-state index in [0.717, 1.165) is 16.7 Å². The first-order valence-electron chi connectivity index (χ1n) is 8.12. The third-order valence-corrected chi connectivity index (χ3v) is 3.88. The van der Waals surface area contributed by atoms with Gasteiger partial charge in [-0.05, 0) is 36.6 Å². The molecule has 7 heteroatoms. The lowest BCUT2D eigenvalue weighted by atomic mass is 10.1. The monoisotopic (exact) mass is 364 g/mol. The molecule has 0 spiro atoms. The lowest BCUT2D eigenvalue weighted by Crippen LogP contribution is -2.35. The van der Waals surface area contributed by atoms with Crippen LogP contribution in [0.4, 0.5) is 8.78 Å². The van der Waals surface area contributed by atoms with Crippen LogP contribution in [-0.2, 0) is 11.2 Å². The number of rotatable bonds is 8. The van der Waals surface area contributed by atoms with E-state index in [2.05, 4.69) is 10.1 Å². The van der Waals surface area contributed by atoms with E-state index in [1.54, 1.807) is 12.1 Å². The Kier molecular flexibility index (Phi) is 6.91. The fourth-order valence-electron chi connectivity index (χ4n) is 2.43. The van der Waals surface area contributed by atoms with Crippen molar-refractivity contribution in [2.45, 2.75) is 26.0 Å². The maximum atomic E-state index is 12.5. The first-order valence-corrected chi connectivity index (χ1v) is 8.12. The summed E-state index contributed by atoms with van der Waals surface area (Å²) in [5, 5.41) is 2.75. The second-order valence-corrected chi connectivity index (χ2v) is 5.79. The number of hydrogen-bond donors (Lipinski definition) is 2. The molecule has 0 aliphatic carbocycles. The maximum absolute atomic E-state index is 12.5. The maximum Gasteiger partial charge on any atom is 0.387 e. The van der Waals surface area contributed by atoms with Gasteiger partial charge in [0, 0.05) is 6.54 Å². The van der Waals surface area contributed by atoms with Gasteiger partial charge in [0.25, 0.3) is 0 Å². The van der Waals surface area contributed by atoms with Gasteiger partial charge in [-0.3, -0.25) is 4.79 Å². The summed E-state index contributed by atoms with van der Waals surface area (Å²) in [5.41, 5.74) is 8.49. The van der Waals surface area contributed by atoms with Crippen molar-refractivity contribution in [3.8, 4) is 11.5 Å². The number of hydrogen-bond acceptors (Lipinski definition) is 4. The van der Waals surface area contributed by atoms with E-state index in [-0.39, 0.29) is 17.4 Å². The third-order valence-electron chi connectivity index (χ3n) is 3.88. The number of nitrogens with two attached hydrogens (primary N) is 1. The van der Waals surface area contributed by atoms with Gasteiger partial charge in [-0.15, -0.1) is 0 Å². The smallest absolute Gasteiger partial charge is 0.387 e. The van der Waals surface area contributed by atoms with Crippen LogP contribution in [0.5, 0.6) is 11.5 Å². The average Bonchev–Trinajstić information content (AvgIpc) is 2.61. The number of alkyl halides is 2. The highest BCUT2D eigenvalue weighted by molar-refractivity contribution is 5.82. The van der Waals surface area contributed by atoms with Crippen molar-refractivity contribution >= 4 is 5.91 Å². The number of ether oxygens (including phenoxy) is 2. The number of aryl methyl sites for hydroxylation is 1. The average molecular weight is 364 g/mol. The predicted octanol–water partition coefficient (Wildman–Crippen LogP) is 2.96. The van der Waals surface area contributed by atoms with Crippen molar-refractivity contribution in [3.05, 3.63) is 59.2 Å². The zero-order chi connectivity index (χ0) is 19.1.